The molecule has 4 heteroatoms. The van der Waals surface area contributed by atoms with Crippen LogP contribution in [-0.2, 0) is 4.52 Å². The van der Waals surface area contributed by atoms with E-state index >= 15 is 0 Å². The normalized spacial score (nSPS) is 24.8. The molecule has 1 aliphatic rings. The first-order valence-electron chi connectivity index (χ1n) is 4.50. The van der Waals surface area contributed by atoms with Gasteiger partial charge >= 0.3 is 78.6 Å². The molecule has 1 saturated carbocycles. The molecule has 0 saturated heterocycles. The maximum absolute atomic E-state index is 9.71. The van der Waals surface area contributed by atoms with Crippen LogP contribution in [0.4, 0.5) is 0 Å². The molecule has 1 N–H and O–H groups in total. The van der Waals surface area contributed by atoms with Crippen molar-refractivity contribution in [2.24, 2.45) is 0 Å². The summed E-state index contributed by atoms with van der Waals surface area (Å²) in [6, 6.07) is 0. The standard InChI is InChI=1S/C8H18ClO2P/c1-12(2,9,10)11-8-6-4-3-5-7-8/h8,10H,3-7H2,1-2H3. The fourth-order valence-corrected chi connectivity index (χ4v) is 2.98. The quantitative estimate of drug-likeness (QED) is 0.713. The van der Waals surface area contributed by atoms with Gasteiger partial charge in [0.1, 0.15) is 0 Å². The van der Waals surface area contributed by atoms with Crippen LogP contribution in [0.2, 0.25) is 0 Å². The summed E-state index contributed by atoms with van der Waals surface area (Å²) in [5, 5.41) is 0. The Labute approximate surface area is 79.1 Å². The van der Waals surface area contributed by atoms with Gasteiger partial charge in [0, 0.05) is 0 Å². The second-order valence-corrected chi connectivity index (χ2v) is 10.8. The van der Waals surface area contributed by atoms with Crippen LogP contribution in [0.1, 0.15) is 32.1 Å². The molecule has 2 nitrogen and oxygen atoms in total. The van der Waals surface area contributed by atoms with E-state index < -0.39 is 6.41 Å². The van der Waals surface area contributed by atoms with E-state index in [0.717, 1.165) is 12.8 Å². The molecule has 1 aliphatic carbocycles. The molecule has 12 heavy (non-hydrogen) atoms. The average Bonchev–Trinajstić information content (AvgIpc) is 1.83. The molecule has 1 fully saturated rings. The molecule has 0 unspecified atom stereocenters. The Morgan fingerprint density at radius 3 is 2.17 bits per heavy atom. The number of halogens is 1. The Morgan fingerprint density at radius 1 is 1.25 bits per heavy atom. The van der Waals surface area contributed by atoms with Crippen molar-refractivity contribution in [2.45, 2.75) is 38.2 Å². The minimum atomic E-state index is -3.23. The molecule has 0 bridgehead atoms. The van der Waals surface area contributed by atoms with E-state index in [4.69, 9.17) is 15.8 Å². The van der Waals surface area contributed by atoms with Crippen molar-refractivity contribution in [2.75, 3.05) is 13.3 Å². The van der Waals surface area contributed by atoms with Crippen LogP contribution in [0, 0.1) is 0 Å². The van der Waals surface area contributed by atoms with E-state index in [1.807, 2.05) is 0 Å². The average molecular weight is 213 g/mol. The molecule has 0 aromatic rings. The summed E-state index contributed by atoms with van der Waals surface area (Å²) >= 11 is 5.89. The Morgan fingerprint density at radius 2 is 1.75 bits per heavy atom. The zero-order valence-electron chi connectivity index (χ0n) is 7.79. The van der Waals surface area contributed by atoms with E-state index in [-0.39, 0.29) is 6.10 Å². The van der Waals surface area contributed by atoms with Gasteiger partial charge in [-0.3, -0.25) is 0 Å². The first kappa shape index (κ1) is 10.7. The molecule has 0 heterocycles. The third-order valence-electron chi connectivity index (χ3n) is 2.00. The summed E-state index contributed by atoms with van der Waals surface area (Å²) in [6.07, 6.45) is 2.75. The van der Waals surface area contributed by atoms with Crippen LogP contribution in [0.3, 0.4) is 0 Å². The monoisotopic (exact) mass is 212 g/mol. The summed E-state index contributed by atoms with van der Waals surface area (Å²) in [7, 11) is 0. The molecular weight excluding hydrogens is 195 g/mol. The second-order valence-electron chi connectivity index (χ2n) is 4.14. The van der Waals surface area contributed by atoms with Gasteiger partial charge in [-0.1, -0.05) is 0 Å². The summed E-state index contributed by atoms with van der Waals surface area (Å²) < 4.78 is 5.52. The van der Waals surface area contributed by atoms with Gasteiger partial charge in [-0.15, -0.1) is 0 Å². The Balaban J connectivity index is 2.40. The molecule has 74 valence electrons. The molecular formula is C8H18ClO2P. The summed E-state index contributed by atoms with van der Waals surface area (Å²) in [5.74, 6) is 0. The molecule has 0 atom stereocenters. The van der Waals surface area contributed by atoms with E-state index in [0.29, 0.717) is 0 Å². The van der Waals surface area contributed by atoms with Crippen molar-refractivity contribution in [3.05, 3.63) is 0 Å². The van der Waals surface area contributed by atoms with Gasteiger partial charge in [0.2, 0.25) is 0 Å². The third-order valence-corrected chi connectivity index (χ3v) is 3.13. The zero-order valence-corrected chi connectivity index (χ0v) is 9.44. The van der Waals surface area contributed by atoms with Gasteiger partial charge in [-0.05, 0) is 0 Å². The van der Waals surface area contributed by atoms with Gasteiger partial charge in [0.05, 0.1) is 0 Å². The molecule has 0 aliphatic heterocycles. The molecule has 0 radical (unpaired) electrons. The zero-order chi connectivity index (χ0) is 9.27. The molecule has 0 aromatic heterocycles. The van der Waals surface area contributed by atoms with E-state index in [2.05, 4.69) is 0 Å². The van der Waals surface area contributed by atoms with Crippen molar-refractivity contribution in [1.29, 1.82) is 0 Å². The predicted molar refractivity (Wildman–Crippen MR) is 54.8 cm³/mol. The van der Waals surface area contributed by atoms with Crippen LogP contribution in [0.25, 0.3) is 0 Å². The summed E-state index contributed by atoms with van der Waals surface area (Å²) in [6.45, 7) is 3.23. The fraction of sp³-hybridized carbons (Fsp3) is 1.00. The third kappa shape index (κ3) is 4.61. The van der Waals surface area contributed by atoms with Crippen LogP contribution in [0.5, 0.6) is 0 Å². The first-order valence-corrected chi connectivity index (χ1v) is 8.40. The van der Waals surface area contributed by atoms with Gasteiger partial charge < -0.3 is 0 Å². The minimum absolute atomic E-state index is 0.189. The topological polar surface area (TPSA) is 29.5 Å². The maximum atomic E-state index is 9.71. The van der Waals surface area contributed by atoms with Gasteiger partial charge in [0.15, 0.2) is 0 Å². The van der Waals surface area contributed by atoms with Gasteiger partial charge in [0.25, 0.3) is 0 Å². The van der Waals surface area contributed by atoms with Crippen molar-refractivity contribution < 1.29 is 9.42 Å². The SMILES string of the molecule is CP(C)(O)(Cl)OC1CCCCC1. The molecule has 0 amide bonds. The van der Waals surface area contributed by atoms with Crippen LogP contribution in [-0.4, -0.2) is 24.3 Å². The second kappa shape index (κ2) is 3.42. The van der Waals surface area contributed by atoms with Crippen LogP contribution < -0.4 is 0 Å². The van der Waals surface area contributed by atoms with E-state index in [9.17, 15) is 4.89 Å². The fourth-order valence-electron chi connectivity index (χ4n) is 1.59. The van der Waals surface area contributed by atoms with Gasteiger partial charge in [-0.25, -0.2) is 0 Å². The Bertz CT molecular complexity index is 149. The van der Waals surface area contributed by atoms with Crippen molar-refractivity contribution >= 4 is 17.7 Å². The molecule has 0 spiro atoms. The van der Waals surface area contributed by atoms with E-state index in [1.54, 1.807) is 13.3 Å². The van der Waals surface area contributed by atoms with Crippen molar-refractivity contribution in [1.82, 2.24) is 0 Å². The van der Waals surface area contributed by atoms with Gasteiger partial charge in [-0.2, -0.15) is 0 Å². The predicted octanol–water partition coefficient (Wildman–Crippen LogP) is 3.12. The van der Waals surface area contributed by atoms with E-state index in [1.165, 1.54) is 19.3 Å². The first-order chi connectivity index (χ1) is 5.33. The number of rotatable bonds is 2. The molecule has 1 rings (SSSR count). The summed E-state index contributed by atoms with van der Waals surface area (Å²) in [4.78, 5) is 9.71. The molecule has 0 aromatic carbocycles. The Kier molecular flexibility index (Phi) is 3.05. The number of hydrogen-bond acceptors (Lipinski definition) is 2. The summed E-state index contributed by atoms with van der Waals surface area (Å²) in [5.41, 5.74) is 0. The van der Waals surface area contributed by atoms with Crippen molar-refractivity contribution in [3.8, 4) is 0 Å². The van der Waals surface area contributed by atoms with Crippen LogP contribution >= 0.6 is 17.7 Å². The number of hydrogen-bond donors (Lipinski definition) is 1. The van der Waals surface area contributed by atoms with Crippen molar-refractivity contribution in [3.63, 3.8) is 0 Å². The van der Waals surface area contributed by atoms with Crippen LogP contribution in [0.15, 0.2) is 0 Å². The Hall–Kier alpha value is 0.640.